The number of hydrogen-bond donors (Lipinski definition) is 1. The largest absolute Gasteiger partial charge is 0.516 e. The molecule has 0 spiro atoms. The van der Waals surface area contributed by atoms with Crippen LogP contribution in [0.1, 0.15) is 0 Å². The van der Waals surface area contributed by atoms with Crippen molar-refractivity contribution in [2.45, 2.75) is 0 Å². The van der Waals surface area contributed by atoms with Gasteiger partial charge in [-0.25, -0.2) is 9.59 Å². The van der Waals surface area contributed by atoms with Gasteiger partial charge < -0.3 is 14.6 Å². The van der Waals surface area contributed by atoms with Crippen LogP contribution < -0.4 is 0 Å². The van der Waals surface area contributed by atoms with Crippen LogP contribution in [0.25, 0.3) is 0 Å². The second-order valence-corrected chi connectivity index (χ2v) is 1.45. The summed E-state index contributed by atoms with van der Waals surface area (Å²) in [7, 11) is 0. The Kier molecular flexibility index (Phi) is 4.76. The normalized spacial score (nSPS) is 8.45. The van der Waals surface area contributed by atoms with Crippen molar-refractivity contribution < 1.29 is 24.2 Å². The summed E-state index contributed by atoms with van der Waals surface area (Å²) in [6, 6.07) is 0. The first-order valence-electron chi connectivity index (χ1n) is 2.82. The van der Waals surface area contributed by atoms with Crippen molar-refractivity contribution in [2.24, 2.45) is 0 Å². The van der Waals surface area contributed by atoms with Crippen molar-refractivity contribution in [2.75, 3.05) is 13.2 Å². The Labute approximate surface area is 63.2 Å². The zero-order valence-electron chi connectivity index (χ0n) is 5.78. The van der Waals surface area contributed by atoms with E-state index in [2.05, 4.69) is 16.1 Å². The molecule has 0 aliphatic carbocycles. The van der Waals surface area contributed by atoms with E-state index < -0.39 is 12.1 Å². The molecule has 0 atom stereocenters. The van der Waals surface area contributed by atoms with Crippen molar-refractivity contribution in [3.8, 4) is 0 Å². The molecule has 0 aromatic heterocycles. The summed E-state index contributed by atoms with van der Waals surface area (Å²) >= 11 is 0. The second kappa shape index (κ2) is 5.43. The minimum atomic E-state index is -1.14. The Hall–Kier alpha value is -1.36. The highest BCUT2D eigenvalue weighted by Gasteiger charge is 2.06. The van der Waals surface area contributed by atoms with Gasteiger partial charge in [0.25, 0.3) is 0 Å². The van der Waals surface area contributed by atoms with E-state index >= 15 is 0 Å². The second-order valence-electron chi connectivity index (χ2n) is 1.45. The molecule has 0 amide bonds. The number of hydrogen-bond acceptors (Lipinski definition) is 5. The van der Waals surface area contributed by atoms with Crippen molar-refractivity contribution in [1.29, 1.82) is 0 Å². The lowest BCUT2D eigenvalue weighted by molar-refractivity contribution is -0.134. The van der Waals surface area contributed by atoms with Gasteiger partial charge in [0.1, 0.15) is 6.61 Å². The van der Waals surface area contributed by atoms with Crippen LogP contribution in [0.15, 0.2) is 12.7 Å². The van der Waals surface area contributed by atoms with E-state index in [-0.39, 0.29) is 13.2 Å². The Balaban J connectivity index is 3.52. The van der Waals surface area contributed by atoms with Gasteiger partial charge in [-0.05, 0) is 0 Å². The fourth-order valence-electron chi connectivity index (χ4n) is 0.282. The summed E-state index contributed by atoms with van der Waals surface area (Å²) in [5.74, 6) is -0.882. The molecule has 0 rings (SSSR count). The highest BCUT2D eigenvalue weighted by molar-refractivity contribution is 5.89. The molecular weight excluding hydrogens is 152 g/mol. The molecule has 11 heavy (non-hydrogen) atoms. The zero-order chi connectivity index (χ0) is 8.69. The minimum absolute atomic E-state index is 0.191. The standard InChI is InChI=1S/C6H8O5/c1-2-5(8)11-6(9)10-4-3-7/h2,7H,1,3-4H2. The third-order valence-corrected chi connectivity index (χ3v) is 0.662. The number of carbonyl (C=O) groups excluding carboxylic acids is 2. The quantitative estimate of drug-likeness (QED) is 0.353. The highest BCUT2D eigenvalue weighted by atomic mass is 16.7. The summed E-state index contributed by atoms with van der Waals surface area (Å²) in [5.41, 5.74) is 0. The summed E-state index contributed by atoms with van der Waals surface area (Å²) < 4.78 is 8.16. The summed E-state index contributed by atoms with van der Waals surface area (Å²) in [4.78, 5) is 20.6. The lowest BCUT2D eigenvalue weighted by atomic mass is 10.7. The number of ether oxygens (including phenoxy) is 2. The van der Waals surface area contributed by atoms with Crippen LogP contribution in [0.2, 0.25) is 0 Å². The van der Waals surface area contributed by atoms with Crippen LogP contribution in [0, 0.1) is 0 Å². The van der Waals surface area contributed by atoms with Gasteiger partial charge in [0.2, 0.25) is 0 Å². The van der Waals surface area contributed by atoms with E-state index in [1.54, 1.807) is 0 Å². The number of aliphatic hydroxyl groups is 1. The molecule has 5 nitrogen and oxygen atoms in total. The zero-order valence-corrected chi connectivity index (χ0v) is 5.78. The molecule has 0 aromatic rings. The average Bonchev–Trinajstić information content (AvgIpc) is 2.00. The van der Waals surface area contributed by atoms with E-state index in [9.17, 15) is 9.59 Å². The molecule has 62 valence electrons. The van der Waals surface area contributed by atoms with E-state index in [1.165, 1.54) is 0 Å². The topological polar surface area (TPSA) is 72.8 Å². The van der Waals surface area contributed by atoms with Crippen molar-refractivity contribution >= 4 is 12.1 Å². The first-order valence-corrected chi connectivity index (χ1v) is 2.82. The van der Waals surface area contributed by atoms with Crippen LogP contribution in [-0.2, 0) is 14.3 Å². The third-order valence-electron chi connectivity index (χ3n) is 0.662. The van der Waals surface area contributed by atoms with Gasteiger partial charge in [-0.15, -0.1) is 0 Å². The van der Waals surface area contributed by atoms with Gasteiger partial charge >= 0.3 is 12.1 Å². The number of esters is 1. The van der Waals surface area contributed by atoms with Crippen molar-refractivity contribution in [3.05, 3.63) is 12.7 Å². The predicted octanol–water partition coefficient (Wildman–Crippen LogP) is -0.156. The smallest absolute Gasteiger partial charge is 0.431 e. The minimum Gasteiger partial charge on any atom is -0.431 e. The molecule has 0 aliphatic heterocycles. The first kappa shape index (κ1) is 9.64. The SMILES string of the molecule is C=CC(=O)OC(=O)OCCO. The van der Waals surface area contributed by atoms with Crippen LogP contribution >= 0.6 is 0 Å². The van der Waals surface area contributed by atoms with Gasteiger partial charge in [0.15, 0.2) is 0 Å². The Bertz CT molecular complexity index is 162. The van der Waals surface area contributed by atoms with Gasteiger partial charge in [-0.1, -0.05) is 6.58 Å². The Morgan fingerprint density at radius 1 is 1.55 bits per heavy atom. The van der Waals surface area contributed by atoms with E-state index in [0.29, 0.717) is 0 Å². The molecule has 0 saturated carbocycles. The molecule has 1 N–H and O–H groups in total. The maximum absolute atomic E-state index is 10.3. The lowest BCUT2D eigenvalue weighted by Gasteiger charge is -1.99. The summed E-state index contributed by atoms with van der Waals surface area (Å²) in [6.45, 7) is 2.56. The maximum atomic E-state index is 10.3. The van der Waals surface area contributed by atoms with Crippen LogP contribution in [0.3, 0.4) is 0 Å². The van der Waals surface area contributed by atoms with Gasteiger partial charge in [0.05, 0.1) is 6.61 Å². The van der Waals surface area contributed by atoms with E-state index in [1.807, 2.05) is 0 Å². The van der Waals surface area contributed by atoms with Gasteiger partial charge in [0, 0.05) is 6.08 Å². The molecule has 0 aromatic carbocycles. The molecule has 0 unspecified atom stereocenters. The Morgan fingerprint density at radius 2 is 2.18 bits per heavy atom. The molecule has 0 saturated heterocycles. The number of rotatable bonds is 3. The summed E-state index contributed by atoms with van der Waals surface area (Å²) in [5, 5.41) is 8.17. The molecule has 0 bridgehead atoms. The summed E-state index contributed by atoms with van der Waals surface area (Å²) in [6.07, 6.45) is -0.302. The van der Waals surface area contributed by atoms with Crippen molar-refractivity contribution in [1.82, 2.24) is 0 Å². The van der Waals surface area contributed by atoms with E-state index in [4.69, 9.17) is 5.11 Å². The van der Waals surface area contributed by atoms with Crippen LogP contribution in [0.4, 0.5) is 4.79 Å². The molecular formula is C6H8O5. The van der Waals surface area contributed by atoms with Gasteiger partial charge in [-0.3, -0.25) is 0 Å². The van der Waals surface area contributed by atoms with Crippen LogP contribution in [-0.4, -0.2) is 30.4 Å². The van der Waals surface area contributed by atoms with Gasteiger partial charge in [-0.2, -0.15) is 0 Å². The molecule has 0 radical (unpaired) electrons. The maximum Gasteiger partial charge on any atom is 0.516 e. The average molecular weight is 160 g/mol. The van der Waals surface area contributed by atoms with E-state index in [0.717, 1.165) is 6.08 Å². The molecule has 0 aliphatic rings. The number of aliphatic hydroxyl groups excluding tert-OH is 1. The molecule has 5 heteroatoms. The highest BCUT2D eigenvalue weighted by Crippen LogP contribution is 1.86. The predicted molar refractivity (Wildman–Crippen MR) is 34.7 cm³/mol. The number of carbonyl (C=O) groups is 2. The monoisotopic (exact) mass is 160 g/mol. The lowest BCUT2D eigenvalue weighted by Crippen LogP contribution is -2.13. The molecule has 0 heterocycles. The van der Waals surface area contributed by atoms with Crippen LogP contribution in [0.5, 0.6) is 0 Å². The fourth-order valence-corrected chi connectivity index (χ4v) is 0.282. The fraction of sp³-hybridized carbons (Fsp3) is 0.333. The third kappa shape index (κ3) is 5.10. The molecule has 0 fully saturated rings. The Morgan fingerprint density at radius 3 is 2.64 bits per heavy atom. The first-order chi connectivity index (χ1) is 5.20. The van der Waals surface area contributed by atoms with Crippen molar-refractivity contribution in [3.63, 3.8) is 0 Å².